The van der Waals surface area contributed by atoms with Gasteiger partial charge in [-0.1, -0.05) is 16.5 Å². The maximum Gasteiger partial charge on any atom is 0.331 e. The molecule has 0 radical (unpaired) electrons. The van der Waals surface area contributed by atoms with Crippen LogP contribution < -0.4 is 15.4 Å². The Morgan fingerprint density at radius 3 is 2.48 bits per heavy atom. The Balaban J connectivity index is 0.00000240. The van der Waals surface area contributed by atoms with Crippen LogP contribution in [-0.4, -0.2) is 22.8 Å². The van der Waals surface area contributed by atoms with Crippen molar-refractivity contribution in [3.05, 3.63) is 39.8 Å². The number of benzene rings is 1. The van der Waals surface area contributed by atoms with E-state index in [-0.39, 0.29) is 18.4 Å². The molecule has 0 saturated carbocycles. The molecule has 1 heterocycles. The van der Waals surface area contributed by atoms with Gasteiger partial charge < -0.3 is 10.6 Å². The third-order valence-electron chi connectivity index (χ3n) is 5.72. The molecule has 2 amide bonds. The lowest BCUT2D eigenvalue weighted by Crippen LogP contribution is -2.34. The Morgan fingerprint density at radius 2 is 1.90 bits per heavy atom. The molecule has 1 aromatic rings. The number of rotatable bonds is 4. The number of urea groups is 1. The molecular formula is C20H26ClN5O2S. The molecule has 9 heteroatoms. The number of nitrogens with zero attached hydrogens (tertiary/aromatic N) is 2. The first-order valence-corrected chi connectivity index (χ1v) is 11.5. The third kappa shape index (κ3) is 4.74. The molecule has 1 saturated heterocycles. The van der Waals surface area contributed by atoms with Crippen molar-refractivity contribution in [3.63, 3.8) is 0 Å². The van der Waals surface area contributed by atoms with Crippen molar-refractivity contribution in [2.45, 2.75) is 57.4 Å². The Morgan fingerprint density at radius 1 is 1.21 bits per heavy atom. The minimum atomic E-state index is -3.29. The first-order valence-electron chi connectivity index (χ1n) is 9.90. The summed E-state index contributed by atoms with van der Waals surface area (Å²) < 4.78 is 18.8. The molecule has 4 rings (SSSR count). The lowest BCUT2D eigenvalue weighted by atomic mass is 9.99. The van der Waals surface area contributed by atoms with E-state index in [2.05, 4.69) is 25.8 Å². The number of carbonyl (C=O) groups is 1. The SMILES string of the molecule is Cl.N#CN=S(=O)(/C=C/[C@H]1CCCN1)NC(=O)Nc1c2c(cc3c1CCC3)CCC2. The molecule has 2 atom stereocenters. The van der Waals surface area contributed by atoms with Crippen molar-refractivity contribution in [2.24, 2.45) is 4.36 Å². The smallest absolute Gasteiger partial charge is 0.310 e. The second-order valence-corrected chi connectivity index (χ2v) is 9.38. The monoisotopic (exact) mass is 435 g/mol. The van der Waals surface area contributed by atoms with Gasteiger partial charge in [-0.15, -0.1) is 12.4 Å². The zero-order valence-electron chi connectivity index (χ0n) is 16.2. The molecule has 3 N–H and O–H groups in total. The fourth-order valence-electron chi connectivity index (χ4n) is 4.46. The van der Waals surface area contributed by atoms with Crippen LogP contribution in [0.25, 0.3) is 0 Å². The highest BCUT2D eigenvalue weighted by molar-refractivity contribution is 7.95. The van der Waals surface area contributed by atoms with E-state index in [1.807, 2.05) is 0 Å². The summed E-state index contributed by atoms with van der Waals surface area (Å²) in [6.07, 6.45) is 11.4. The van der Waals surface area contributed by atoms with Gasteiger partial charge in [-0.05, 0) is 80.2 Å². The molecule has 0 spiro atoms. The molecule has 3 aliphatic rings. The highest BCUT2D eigenvalue weighted by Gasteiger charge is 2.25. The predicted molar refractivity (Wildman–Crippen MR) is 116 cm³/mol. The minimum absolute atomic E-state index is 0. The van der Waals surface area contributed by atoms with E-state index in [9.17, 15) is 9.00 Å². The van der Waals surface area contributed by atoms with Gasteiger partial charge in [0.05, 0.1) is 0 Å². The minimum Gasteiger partial charge on any atom is -0.310 e. The average molecular weight is 436 g/mol. The molecule has 1 aromatic carbocycles. The van der Waals surface area contributed by atoms with Crippen molar-refractivity contribution in [2.75, 3.05) is 11.9 Å². The van der Waals surface area contributed by atoms with Gasteiger partial charge in [0.2, 0.25) is 6.19 Å². The standard InChI is InChI=1S/C20H25N5O2S.ClH/c21-13-23-28(27,11-9-16-6-3-10-22-16)25-20(26)24-19-17-7-1-4-14(17)12-15-5-2-8-18(15)19;/h9,11-12,16,22H,1-8,10H2,(H2,23,24,25,26,27);1H/b11-9+;/t16-,28?;/m1./s1. The number of nitrogens with one attached hydrogen (secondary N) is 3. The highest BCUT2D eigenvalue weighted by atomic mass is 35.5. The second-order valence-electron chi connectivity index (χ2n) is 7.58. The molecule has 2 aliphatic carbocycles. The van der Waals surface area contributed by atoms with Gasteiger partial charge in [-0.2, -0.15) is 5.26 Å². The summed E-state index contributed by atoms with van der Waals surface area (Å²) >= 11 is 0. The lowest BCUT2D eigenvalue weighted by molar-refractivity contribution is 0.257. The lowest BCUT2D eigenvalue weighted by Gasteiger charge is -2.17. The molecule has 0 aromatic heterocycles. The average Bonchev–Trinajstić information content (AvgIpc) is 3.41. The van der Waals surface area contributed by atoms with Gasteiger partial charge in [0.25, 0.3) is 0 Å². The number of fused-ring (bicyclic) bond motifs is 2. The summed E-state index contributed by atoms with van der Waals surface area (Å²) in [7, 11) is -3.29. The molecule has 156 valence electrons. The van der Waals surface area contributed by atoms with Gasteiger partial charge in [0.15, 0.2) is 9.92 Å². The molecule has 1 unspecified atom stereocenters. The summed E-state index contributed by atoms with van der Waals surface area (Å²) in [4.78, 5) is 12.7. The molecule has 7 nitrogen and oxygen atoms in total. The molecular weight excluding hydrogens is 410 g/mol. The Kier molecular flexibility index (Phi) is 6.83. The number of hydrogen-bond acceptors (Lipinski definition) is 5. The normalized spacial score (nSPS) is 21.6. The molecule has 29 heavy (non-hydrogen) atoms. The van der Waals surface area contributed by atoms with E-state index in [4.69, 9.17) is 5.26 Å². The zero-order chi connectivity index (χ0) is 19.6. The molecule has 0 bridgehead atoms. The van der Waals surface area contributed by atoms with Gasteiger partial charge >= 0.3 is 6.03 Å². The highest BCUT2D eigenvalue weighted by Crippen LogP contribution is 2.38. The van der Waals surface area contributed by atoms with Crippen LogP contribution in [0, 0.1) is 11.5 Å². The quantitative estimate of drug-likeness (QED) is 0.630. The summed E-state index contributed by atoms with van der Waals surface area (Å²) in [6, 6.07) is 1.81. The Hall–Kier alpha value is -2.08. The topological polar surface area (TPSA) is 106 Å². The van der Waals surface area contributed by atoms with E-state index in [0.717, 1.165) is 63.6 Å². The summed E-state index contributed by atoms with van der Waals surface area (Å²) in [5, 5.41) is 16.5. The second kappa shape index (κ2) is 9.16. The van der Waals surface area contributed by atoms with Crippen LogP contribution in [0.15, 0.2) is 21.9 Å². The van der Waals surface area contributed by atoms with Gasteiger partial charge in [0, 0.05) is 17.1 Å². The van der Waals surface area contributed by atoms with Crippen LogP contribution in [0.3, 0.4) is 0 Å². The summed E-state index contributed by atoms with van der Waals surface area (Å²) in [5.41, 5.74) is 5.90. The van der Waals surface area contributed by atoms with Crippen molar-refractivity contribution in [1.82, 2.24) is 10.0 Å². The van der Waals surface area contributed by atoms with E-state index in [1.54, 1.807) is 12.3 Å². The number of halogens is 1. The third-order valence-corrected chi connectivity index (χ3v) is 7.08. The van der Waals surface area contributed by atoms with E-state index >= 15 is 0 Å². The van der Waals surface area contributed by atoms with Crippen LogP contribution in [-0.2, 0) is 35.6 Å². The Bertz CT molecular complexity index is 953. The molecule has 1 fully saturated rings. The number of hydrogen-bond donors (Lipinski definition) is 3. The van der Waals surface area contributed by atoms with Crippen molar-refractivity contribution in [1.29, 1.82) is 5.26 Å². The van der Waals surface area contributed by atoms with Crippen LogP contribution in [0.5, 0.6) is 0 Å². The zero-order valence-corrected chi connectivity index (χ0v) is 17.8. The number of anilines is 1. The first-order chi connectivity index (χ1) is 13.6. The van der Waals surface area contributed by atoms with Gasteiger partial charge in [-0.25, -0.2) is 13.7 Å². The van der Waals surface area contributed by atoms with Crippen molar-refractivity contribution in [3.8, 4) is 6.19 Å². The van der Waals surface area contributed by atoms with E-state index in [0.29, 0.717) is 0 Å². The fourth-order valence-corrected chi connectivity index (χ4v) is 5.48. The Labute approximate surface area is 178 Å². The number of carbonyl (C=O) groups excluding carboxylic acids is 1. The number of nitriles is 1. The van der Waals surface area contributed by atoms with Gasteiger partial charge in [0.1, 0.15) is 0 Å². The molecule has 1 aliphatic heterocycles. The van der Waals surface area contributed by atoms with E-state index < -0.39 is 15.9 Å². The van der Waals surface area contributed by atoms with Crippen molar-refractivity contribution >= 4 is 34.0 Å². The predicted octanol–water partition coefficient (Wildman–Crippen LogP) is 3.34. The van der Waals surface area contributed by atoms with Gasteiger partial charge in [-0.3, -0.25) is 0 Å². The number of amides is 2. The van der Waals surface area contributed by atoms with Crippen LogP contribution in [0.4, 0.5) is 10.5 Å². The van der Waals surface area contributed by atoms with Crippen LogP contribution in [0.1, 0.15) is 47.9 Å². The number of aryl methyl sites for hydroxylation is 2. The maximum absolute atomic E-state index is 12.9. The summed E-state index contributed by atoms with van der Waals surface area (Å²) in [6.45, 7) is 0.906. The van der Waals surface area contributed by atoms with Crippen LogP contribution >= 0.6 is 12.4 Å². The van der Waals surface area contributed by atoms with Crippen molar-refractivity contribution < 1.29 is 9.00 Å². The summed E-state index contributed by atoms with van der Waals surface area (Å²) in [5.74, 6) is 0. The maximum atomic E-state index is 12.9. The first kappa shape index (κ1) is 21.6. The van der Waals surface area contributed by atoms with E-state index in [1.165, 1.54) is 27.7 Å². The largest absolute Gasteiger partial charge is 0.331 e. The fraction of sp³-hybridized carbons (Fsp3) is 0.500. The van der Waals surface area contributed by atoms with Crippen LogP contribution in [0.2, 0.25) is 0 Å².